The van der Waals surface area contributed by atoms with Crippen LogP contribution in [0.4, 0.5) is 0 Å². The zero-order valence-electron chi connectivity index (χ0n) is 7.53. The van der Waals surface area contributed by atoms with Crippen LogP contribution in [0.25, 0.3) is 0 Å². The third-order valence-electron chi connectivity index (χ3n) is 2.39. The molecule has 0 aromatic carbocycles. The van der Waals surface area contributed by atoms with Crippen LogP contribution in [0.2, 0.25) is 0 Å². The monoisotopic (exact) mass is 200 g/mol. The first-order valence-electron chi connectivity index (χ1n) is 4.35. The van der Waals surface area contributed by atoms with Crippen molar-refractivity contribution in [2.45, 2.75) is 25.3 Å². The number of hydrogen-bond acceptors (Lipinski definition) is 3. The van der Waals surface area contributed by atoms with Gasteiger partial charge in [-0.05, 0) is 12.8 Å². The number of amides is 2. The third kappa shape index (κ3) is 2.21. The number of carbonyl (C=O) groups is 3. The van der Waals surface area contributed by atoms with Crippen LogP contribution in [0.1, 0.15) is 19.3 Å². The average molecular weight is 200 g/mol. The van der Waals surface area contributed by atoms with Crippen LogP contribution in [-0.2, 0) is 14.4 Å². The summed E-state index contributed by atoms with van der Waals surface area (Å²) >= 11 is 0. The van der Waals surface area contributed by atoms with Crippen molar-refractivity contribution < 1.29 is 19.5 Å². The Hall–Kier alpha value is -1.59. The summed E-state index contributed by atoms with van der Waals surface area (Å²) in [4.78, 5) is 31.9. The Balaban J connectivity index is 2.56. The first kappa shape index (κ1) is 10.5. The number of nitrogens with two attached hydrogens (primary N) is 1. The molecule has 0 aromatic rings. The summed E-state index contributed by atoms with van der Waals surface area (Å²) < 4.78 is 0. The van der Waals surface area contributed by atoms with Gasteiger partial charge in [-0.15, -0.1) is 0 Å². The highest BCUT2D eigenvalue weighted by Crippen LogP contribution is 2.25. The van der Waals surface area contributed by atoms with Crippen LogP contribution >= 0.6 is 0 Å². The molecule has 1 aliphatic rings. The molecule has 6 heteroatoms. The largest absolute Gasteiger partial charge is 0.474 e. The Morgan fingerprint density at radius 1 is 1.29 bits per heavy atom. The van der Waals surface area contributed by atoms with Crippen molar-refractivity contribution in [1.82, 2.24) is 5.32 Å². The summed E-state index contributed by atoms with van der Waals surface area (Å²) in [5, 5.41) is 10.6. The lowest BCUT2D eigenvalue weighted by molar-refractivity contribution is -0.150. The lowest BCUT2D eigenvalue weighted by Crippen LogP contribution is -2.44. The Bertz CT molecular complexity index is 277. The molecule has 0 aliphatic heterocycles. The Kier molecular flexibility index (Phi) is 3.06. The average Bonchev–Trinajstić information content (AvgIpc) is 2.52. The van der Waals surface area contributed by atoms with E-state index in [2.05, 4.69) is 5.32 Å². The molecule has 2 unspecified atom stereocenters. The molecule has 14 heavy (non-hydrogen) atoms. The number of hydrogen-bond donors (Lipinski definition) is 3. The number of aliphatic carboxylic acids is 1. The molecule has 4 N–H and O–H groups in total. The van der Waals surface area contributed by atoms with Crippen molar-refractivity contribution in [1.29, 1.82) is 0 Å². The maximum Gasteiger partial charge on any atom is 0.394 e. The highest BCUT2D eigenvalue weighted by atomic mass is 16.4. The van der Waals surface area contributed by atoms with Gasteiger partial charge in [0.2, 0.25) is 5.91 Å². The molecule has 6 nitrogen and oxygen atoms in total. The van der Waals surface area contributed by atoms with E-state index in [1.165, 1.54) is 0 Å². The number of carbonyl (C=O) groups excluding carboxylic acids is 2. The lowest BCUT2D eigenvalue weighted by atomic mass is 10.0. The normalized spacial score (nSPS) is 25.7. The molecule has 0 bridgehead atoms. The molecule has 0 heterocycles. The molecule has 2 atom stereocenters. The zero-order valence-corrected chi connectivity index (χ0v) is 7.53. The van der Waals surface area contributed by atoms with Gasteiger partial charge in [0, 0.05) is 6.04 Å². The fourth-order valence-electron chi connectivity index (χ4n) is 1.70. The van der Waals surface area contributed by atoms with Gasteiger partial charge >= 0.3 is 11.9 Å². The SMILES string of the molecule is NC(=O)C1CCCC1NC(=O)C(=O)O. The molecule has 2 amide bonds. The van der Waals surface area contributed by atoms with Crippen molar-refractivity contribution in [2.75, 3.05) is 0 Å². The summed E-state index contributed by atoms with van der Waals surface area (Å²) in [6, 6.07) is -0.420. The molecule has 1 saturated carbocycles. The van der Waals surface area contributed by atoms with Crippen molar-refractivity contribution in [3.05, 3.63) is 0 Å². The summed E-state index contributed by atoms with van der Waals surface area (Å²) in [6.45, 7) is 0. The van der Waals surface area contributed by atoms with Gasteiger partial charge in [-0.3, -0.25) is 9.59 Å². The van der Waals surface area contributed by atoms with E-state index < -0.39 is 29.7 Å². The van der Waals surface area contributed by atoms with Crippen LogP contribution in [0.15, 0.2) is 0 Å². The molecule has 1 aliphatic carbocycles. The second-order valence-corrected chi connectivity index (χ2v) is 3.32. The third-order valence-corrected chi connectivity index (χ3v) is 2.39. The van der Waals surface area contributed by atoms with Gasteiger partial charge in [0.25, 0.3) is 0 Å². The number of nitrogens with one attached hydrogen (secondary N) is 1. The smallest absolute Gasteiger partial charge is 0.394 e. The van der Waals surface area contributed by atoms with Gasteiger partial charge in [-0.2, -0.15) is 0 Å². The van der Waals surface area contributed by atoms with Gasteiger partial charge in [-0.25, -0.2) is 4.79 Å². The minimum Gasteiger partial charge on any atom is -0.474 e. The summed E-state index contributed by atoms with van der Waals surface area (Å²) in [7, 11) is 0. The van der Waals surface area contributed by atoms with Gasteiger partial charge in [0.05, 0.1) is 5.92 Å². The summed E-state index contributed by atoms with van der Waals surface area (Å²) in [5.74, 6) is -3.54. The fraction of sp³-hybridized carbons (Fsp3) is 0.625. The van der Waals surface area contributed by atoms with Crippen LogP contribution in [0, 0.1) is 5.92 Å². The highest BCUT2D eigenvalue weighted by Gasteiger charge is 2.33. The van der Waals surface area contributed by atoms with E-state index in [-0.39, 0.29) is 0 Å². The van der Waals surface area contributed by atoms with Gasteiger partial charge < -0.3 is 16.2 Å². The maximum absolute atomic E-state index is 10.9. The van der Waals surface area contributed by atoms with E-state index in [0.29, 0.717) is 12.8 Å². The number of primary amides is 1. The van der Waals surface area contributed by atoms with Crippen LogP contribution in [-0.4, -0.2) is 28.9 Å². The molecular weight excluding hydrogens is 188 g/mol. The number of carboxylic acids is 1. The molecular formula is C8H12N2O4. The highest BCUT2D eigenvalue weighted by molar-refractivity contribution is 6.31. The zero-order chi connectivity index (χ0) is 10.7. The van der Waals surface area contributed by atoms with Crippen molar-refractivity contribution in [2.24, 2.45) is 11.7 Å². The Labute approximate surface area is 80.5 Å². The molecule has 0 aromatic heterocycles. The fourth-order valence-corrected chi connectivity index (χ4v) is 1.70. The number of carboxylic acid groups (broad SMARTS) is 1. The summed E-state index contributed by atoms with van der Waals surface area (Å²) in [5.41, 5.74) is 5.10. The Morgan fingerprint density at radius 3 is 2.43 bits per heavy atom. The van der Waals surface area contributed by atoms with Crippen LogP contribution in [0.3, 0.4) is 0 Å². The second kappa shape index (κ2) is 4.08. The predicted octanol–water partition coefficient (Wildman–Crippen LogP) is -1.16. The molecule has 1 fully saturated rings. The quantitative estimate of drug-likeness (QED) is 0.488. The van der Waals surface area contributed by atoms with Crippen LogP contribution < -0.4 is 11.1 Å². The molecule has 78 valence electrons. The van der Waals surface area contributed by atoms with Gasteiger partial charge in [-0.1, -0.05) is 6.42 Å². The van der Waals surface area contributed by atoms with E-state index >= 15 is 0 Å². The van der Waals surface area contributed by atoms with E-state index in [1.807, 2.05) is 0 Å². The predicted molar refractivity (Wildman–Crippen MR) is 46.1 cm³/mol. The van der Waals surface area contributed by atoms with E-state index in [9.17, 15) is 14.4 Å². The van der Waals surface area contributed by atoms with Crippen LogP contribution in [0.5, 0.6) is 0 Å². The molecule has 1 rings (SSSR count). The first-order valence-corrected chi connectivity index (χ1v) is 4.35. The lowest BCUT2D eigenvalue weighted by Gasteiger charge is -2.16. The van der Waals surface area contributed by atoms with Crippen molar-refractivity contribution >= 4 is 17.8 Å². The van der Waals surface area contributed by atoms with Gasteiger partial charge in [0.1, 0.15) is 0 Å². The topological polar surface area (TPSA) is 109 Å². The van der Waals surface area contributed by atoms with Crippen molar-refractivity contribution in [3.63, 3.8) is 0 Å². The van der Waals surface area contributed by atoms with Gasteiger partial charge in [0.15, 0.2) is 0 Å². The summed E-state index contributed by atoms with van der Waals surface area (Å²) in [6.07, 6.45) is 1.99. The minimum atomic E-state index is -1.54. The molecule has 0 saturated heterocycles. The van der Waals surface area contributed by atoms with E-state index in [0.717, 1.165) is 6.42 Å². The van der Waals surface area contributed by atoms with E-state index in [1.54, 1.807) is 0 Å². The molecule has 0 spiro atoms. The maximum atomic E-state index is 10.9. The minimum absolute atomic E-state index is 0.420. The number of rotatable bonds is 2. The van der Waals surface area contributed by atoms with E-state index in [4.69, 9.17) is 10.8 Å². The molecule has 0 radical (unpaired) electrons. The first-order chi connectivity index (χ1) is 6.52. The second-order valence-electron chi connectivity index (χ2n) is 3.32. The standard InChI is InChI=1S/C8H12N2O4/c9-6(11)4-2-1-3-5(4)10-7(12)8(13)14/h4-5H,1-3H2,(H2,9,11)(H,10,12)(H,13,14). The van der Waals surface area contributed by atoms with Crippen molar-refractivity contribution in [3.8, 4) is 0 Å². The Morgan fingerprint density at radius 2 is 1.93 bits per heavy atom.